The highest BCUT2D eigenvalue weighted by molar-refractivity contribution is 6.44. The first kappa shape index (κ1) is 11.7. The molecular weight excluding hydrogens is 246 g/mol. The van der Waals surface area contributed by atoms with Crippen LogP contribution in [0.5, 0.6) is 0 Å². The summed E-state index contributed by atoms with van der Waals surface area (Å²) in [5, 5.41) is 9.00. The second-order valence-corrected chi connectivity index (χ2v) is 4.23. The summed E-state index contributed by atoms with van der Waals surface area (Å²) in [6.07, 6.45) is 1.77. The molecule has 1 aromatic heterocycles. The standard InChI is InChI=1S/C13H13N3O3/c1-3-18-13(17)12-8-4-5-11-9(6-14-16(11)2)10(8)7-19-15-12/h4-6H,3,7H2,1-2H3. The number of fused-ring (bicyclic) bond motifs is 3. The molecule has 2 heterocycles. The fourth-order valence-electron chi connectivity index (χ4n) is 2.22. The molecule has 1 aliphatic heterocycles. The van der Waals surface area contributed by atoms with Crippen LogP contribution in [0.3, 0.4) is 0 Å². The molecule has 0 N–H and O–H groups in total. The van der Waals surface area contributed by atoms with Gasteiger partial charge < -0.3 is 9.57 Å². The molecule has 0 saturated heterocycles. The Hall–Kier alpha value is -2.37. The summed E-state index contributed by atoms with van der Waals surface area (Å²) >= 11 is 0. The van der Waals surface area contributed by atoms with Crippen molar-refractivity contribution in [3.05, 3.63) is 29.5 Å². The fourth-order valence-corrected chi connectivity index (χ4v) is 2.22. The zero-order chi connectivity index (χ0) is 13.4. The first-order chi connectivity index (χ1) is 9.22. The van der Waals surface area contributed by atoms with Crippen molar-refractivity contribution in [2.24, 2.45) is 12.2 Å². The van der Waals surface area contributed by atoms with E-state index in [2.05, 4.69) is 10.3 Å². The minimum Gasteiger partial charge on any atom is -0.461 e. The number of rotatable bonds is 2. The third kappa shape index (κ3) is 1.76. The van der Waals surface area contributed by atoms with Crippen LogP contribution in [-0.2, 0) is 28.0 Å². The van der Waals surface area contributed by atoms with Crippen LogP contribution in [-0.4, -0.2) is 28.1 Å². The third-order valence-electron chi connectivity index (χ3n) is 3.13. The molecular formula is C13H13N3O3. The van der Waals surface area contributed by atoms with E-state index in [0.29, 0.717) is 13.2 Å². The van der Waals surface area contributed by atoms with Crippen molar-refractivity contribution in [2.45, 2.75) is 13.5 Å². The van der Waals surface area contributed by atoms with Crippen molar-refractivity contribution < 1.29 is 14.4 Å². The molecule has 1 aromatic carbocycles. The Morgan fingerprint density at radius 2 is 2.37 bits per heavy atom. The normalized spacial score (nSPS) is 13.7. The smallest absolute Gasteiger partial charge is 0.361 e. The lowest BCUT2D eigenvalue weighted by Crippen LogP contribution is -2.23. The van der Waals surface area contributed by atoms with Gasteiger partial charge in [-0.25, -0.2) is 4.79 Å². The maximum atomic E-state index is 11.8. The van der Waals surface area contributed by atoms with E-state index < -0.39 is 5.97 Å². The Bertz CT molecular complexity index is 688. The SMILES string of the molecule is CCOC(=O)C1=NOCc2c1ccc1c2cnn1C. The molecule has 0 saturated carbocycles. The van der Waals surface area contributed by atoms with Crippen LogP contribution < -0.4 is 0 Å². The summed E-state index contributed by atoms with van der Waals surface area (Å²) in [4.78, 5) is 17.0. The molecule has 0 aliphatic carbocycles. The molecule has 19 heavy (non-hydrogen) atoms. The number of hydrogen-bond acceptors (Lipinski definition) is 5. The fraction of sp³-hybridized carbons (Fsp3) is 0.308. The van der Waals surface area contributed by atoms with Crippen molar-refractivity contribution >= 4 is 22.6 Å². The maximum Gasteiger partial charge on any atom is 0.361 e. The van der Waals surface area contributed by atoms with Gasteiger partial charge in [0.1, 0.15) is 6.61 Å². The average Bonchev–Trinajstić information content (AvgIpc) is 2.80. The maximum absolute atomic E-state index is 11.8. The van der Waals surface area contributed by atoms with E-state index in [0.717, 1.165) is 22.0 Å². The Labute approximate surface area is 109 Å². The van der Waals surface area contributed by atoms with Gasteiger partial charge in [-0.3, -0.25) is 4.68 Å². The summed E-state index contributed by atoms with van der Waals surface area (Å²) in [5.41, 5.74) is 2.88. The van der Waals surface area contributed by atoms with Crippen LogP contribution in [0, 0.1) is 0 Å². The van der Waals surface area contributed by atoms with Gasteiger partial charge in [0.25, 0.3) is 0 Å². The Morgan fingerprint density at radius 1 is 1.53 bits per heavy atom. The monoisotopic (exact) mass is 259 g/mol. The second kappa shape index (κ2) is 4.38. The highest BCUT2D eigenvalue weighted by Crippen LogP contribution is 2.26. The Balaban J connectivity index is 2.15. The van der Waals surface area contributed by atoms with Gasteiger partial charge in [0.15, 0.2) is 5.71 Å². The number of ether oxygens (including phenoxy) is 1. The van der Waals surface area contributed by atoms with Gasteiger partial charge in [0.05, 0.1) is 18.3 Å². The Morgan fingerprint density at radius 3 is 3.16 bits per heavy atom. The highest BCUT2D eigenvalue weighted by Gasteiger charge is 2.25. The number of carbonyl (C=O) groups excluding carboxylic acids is 1. The molecule has 3 rings (SSSR count). The van der Waals surface area contributed by atoms with Gasteiger partial charge in [-0.2, -0.15) is 5.10 Å². The molecule has 6 heteroatoms. The number of oxime groups is 1. The van der Waals surface area contributed by atoms with Gasteiger partial charge in [-0.1, -0.05) is 5.16 Å². The summed E-state index contributed by atoms with van der Waals surface area (Å²) in [6, 6.07) is 3.78. The largest absolute Gasteiger partial charge is 0.461 e. The lowest BCUT2D eigenvalue weighted by molar-refractivity contribution is -0.135. The molecule has 0 atom stereocenters. The number of esters is 1. The van der Waals surface area contributed by atoms with Crippen LogP contribution >= 0.6 is 0 Å². The molecule has 2 aromatic rings. The molecule has 98 valence electrons. The van der Waals surface area contributed by atoms with E-state index in [9.17, 15) is 4.79 Å². The summed E-state index contributed by atoms with van der Waals surface area (Å²) in [5.74, 6) is -0.466. The van der Waals surface area contributed by atoms with E-state index in [1.807, 2.05) is 19.2 Å². The molecule has 0 fully saturated rings. The predicted octanol–water partition coefficient (Wildman–Crippen LogP) is 1.37. The highest BCUT2D eigenvalue weighted by atomic mass is 16.6. The van der Waals surface area contributed by atoms with Crippen LogP contribution in [0.2, 0.25) is 0 Å². The first-order valence-electron chi connectivity index (χ1n) is 6.03. The van der Waals surface area contributed by atoms with Crippen LogP contribution in [0.25, 0.3) is 10.9 Å². The average molecular weight is 259 g/mol. The van der Waals surface area contributed by atoms with E-state index in [4.69, 9.17) is 9.57 Å². The van der Waals surface area contributed by atoms with Crippen molar-refractivity contribution in [2.75, 3.05) is 6.61 Å². The topological polar surface area (TPSA) is 65.7 Å². The number of hydrogen-bond donors (Lipinski definition) is 0. The van der Waals surface area contributed by atoms with Gasteiger partial charge in [0, 0.05) is 23.6 Å². The lowest BCUT2D eigenvalue weighted by atomic mass is 9.99. The van der Waals surface area contributed by atoms with Gasteiger partial charge >= 0.3 is 5.97 Å². The van der Waals surface area contributed by atoms with E-state index in [1.54, 1.807) is 17.8 Å². The first-order valence-corrected chi connectivity index (χ1v) is 6.03. The lowest BCUT2D eigenvalue weighted by Gasteiger charge is -2.16. The third-order valence-corrected chi connectivity index (χ3v) is 3.13. The van der Waals surface area contributed by atoms with Gasteiger partial charge in [0.2, 0.25) is 0 Å². The van der Waals surface area contributed by atoms with Crippen LogP contribution in [0.15, 0.2) is 23.5 Å². The van der Waals surface area contributed by atoms with Crippen molar-refractivity contribution in [3.8, 4) is 0 Å². The van der Waals surface area contributed by atoms with Crippen LogP contribution in [0.4, 0.5) is 0 Å². The summed E-state index contributed by atoms with van der Waals surface area (Å²) < 4.78 is 6.77. The quantitative estimate of drug-likeness (QED) is 0.764. The Kier molecular flexibility index (Phi) is 2.70. The van der Waals surface area contributed by atoms with Gasteiger partial charge in [-0.05, 0) is 19.1 Å². The second-order valence-electron chi connectivity index (χ2n) is 4.23. The van der Waals surface area contributed by atoms with E-state index in [-0.39, 0.29) is 5.71 Å². The minimum absolute atomic E-state index is 0.217. The molecule has 0 bridgehead atoms. The zero-order valence-electron chi connectivity index (χ0n) is 10.7. The predicted molar refractivity (Wildman–Crippen MR) is 68.7 cm³/mol. The molecule has 0 spiro atoms. The zero-order valence-corrected chi connectivity index (χ0v) is 10.7. The number of benzene rings is 1. The van der Waals surface area contributed by atoms with Crippen molar-refractivity contribution in [3.63, 3.8) is 0 Å². The molecule has 0 unspecified atom stereocenters. The number of aryl methyl sites for hydroxylation is 1. The van der Waals surface area contributed by atoms with Crippen molar-refractivity contribution in [1.82, 2.24) is 9.78 Å². The minimum atomic E-state index is -0.466. The molecule has 1 aliphatic rings. The molecule has 0 radical (unpaired) electrons. The van der Waals surface area contributed by atoms with E-state index >= 15 is 0 Å². The van der Waals surface area contributed by atoms with Gasteiger partial charge in [-0.15, -0.1) is 0 Å². The number of carbonyl (C=O) groups is 1. The van der Waals surface area contributed by atoms with Crippen LogP contribution in [0.1, 0.15) is 18.1 Å². The van der Waals surface area contributed by atoms with Crippen molar-refractivity contribution in [1.29, 1.82) is 0 Å². The van der Waals surface area contributed by atoms with E-state index in [1.165, 1.54) is 0 Å². The summed E-state index contributed by atoms with van der Waals surface area (Å²) in [7, 11) is 1.87. The summed E-state index contributed by atoms with van der Waals surface area (Å²) in [6.45, 7) is 2.40. The number of nitrogens with zero attached hydrogens (tertiary/aromatic N) is 3. The number of aromatic nitrogens is 2. The molecule has 6 nitrogen and oxygen atoms in total. The molecule has 0 amide bonds.